The minimum absolute atomic E-state index is 0.0108. The molecule has 6 N–H and O–H groups in total. The summed E-state index contributed by atoms with van der Waals surface area (Å²) in [6.07, 6.45) is 1.88. The van der Waals surface area contributed by atoms with Gasteiger partial charge in [-0.05, 0) is 36.5 Å². The number of alkyl halides is 1. The van der Waals surface area contributed by atoms with Crippen molar-refractivity contribution in [1.29, 1.82) is 0 Å². The number of hydrazine groups is 1. The summed E-state index contributed by atoms with van der Waals surface area (Å²) < 4.78 is 13.9. The standard InChI is InChI=1S/C21H26FN7O2/c1-2-17(30)28-11-15(22)10-16(28)25-27-29-20(23)18(21(24)31)19(26-29)14-8-7-12-5-3-4-6-13(12)9-14/h2-6,14-16,25,27H,1,7-11,23H2,(H2,24,31)/t14-,15-,16-/m1/s1. The number of nitrogens with one attached hydrogen (secondary N) is 2. The van der Waals surface area contributed by atoms with Gasteiger partial charge >= 0.3 is 0 Å². The molecule has 1 aromatic heterocycles. The zero-order valence-corrected chi connectivity index (χ0v) is 17.1. The van der Waals surface area contributed by atoms with Gasteiger partial charge in [0.2, 0.25) is 5.91 Å². The molecular formula is C21H26FN7O2. The van der Waals surface area contributed by atoms with Crippen molar-refractivity contribution in [3.8, 4) is 0 Å². The second kappa shape index (κ2) is 8.38. The molecule has 4 rings (SSSR count). The van der Waals surface area contributed by atoms with E-state index in [-0.39, 0.29) is 36.2 Å². The molecule has 0 radical (unpaired) electrons. The van der Waals surface area contributed by atoms with E-state index in [4.69, 9.17) is 11.5 Å². The maximum Gasteiger partial charge on any atom is 0.254 e. The number of carbonyl (C=O) groups is 2. The fraction of sp³-hybridized carbons (Fsp3) is 0.381. The number of nitrogens with zero attached hydrogens (tertiary/aromatic N) is 3. The number of halogens is 1. The largest absolute Gasteiger partial charge is 0.382 e. The second-order valence-electron chi connectivity index (χ2n) is 7.93. The minimum Gasteiger partial charge on any atom is -0.382 e. The minimum atomic E-state index is -1.16. The molecular weight excluding hydrogens is 401 g/mol. The van der Waals surface area contributed by atoms with Crippen molar-refractivity contribution in [1.82, 2.24) is 20.2 Å². The number of amides is 2. The van der Waals surface area contributed by atoms with Crippen LogP contribution in [0.25, 0.3) is 0 Å². The number of nitrogen functional groups attached to an aromatic ring is 1. The summed E-state index contributed by atoms with van der Waals surface area (Å²) in [4.78, 5) is 26.7. The number of fused-ring (bicyclic) bond motifs is 1. The number of carbonyl (C=O) groups excluding carboxylic acids is 2. The van der Waals surface area contributed by atoms with Crippen LogP contribution in [-0.2, 0) is 17.6 Å². The molecule has 0 unspecified atom stereocenters. The molecule has 1 aliphatic heterocycles. The number of primary amides is 1. The Kier molecular flexibility index (Phi) is 5.64. The molecule has 10 heteroatoms. The lowest BCUT2D eigenvalue weighted by molar-refractivity contribution is -0.127. The number of benzene rings is 1. The molecule has 0 saturated carbocycles. The summed E-state index contributed by atoms with van der Waals surface area (Å²) in [5, 5.41) is 4.50. The van der Waals surface area contributed by atoms with Gasteiger partial charge in [0.1, 0.15) is 17.9 Å². The van der Waals surface area contributed by atoms with E-state index < -0.39 is 18.2 Å². The number of aromatic nitrogens is 2. The molecule has 2 amide bonds. The SMILES string of the molecule is C=CC(=O)N1C[C@H](F)C[C@@H]1NNn1nc([C@@H]2CCc3ccccc3C2)c(C(N)=O)c1N. The van der Waals surface area contributed by atoms with Crippen LogP contribution in [0.5, 0.6) is 0 Å². The van der Waals surface area contributed by atoms with Crippen molar-refractivity contribution < 1.29 is 14.0 Å². The van der Waals surface area contributed by atoms with Gasteiger partial charge in [0.15, 0.2) is 5.82 Å². The molecule has 2 aliphatic rings. The van der Waals surface area contributed by atoms with Gasteiger partial charge in [-0.1, -0.05) is 30.8 Å². The normalized spacial score (nSPS) is 22.7. The summed E-state index contributed by atoms with van der Waals surface area (Å²) >= 11 is 0. The molecule has 31 heavy (non-hydrogen) atoms. The Morgan fingerprint density at radius 3 is 2.74 bits per heavy atom. The average molecular weight is 427 g/mol. The molecule has 3 atom stereocenters. The van der Waals surface area contributed by atoms with Gasteiger partial charge in [0.05, 0.1) is 12.2 Å². The number of nitrogens with two attached hydrogens (primary N) is 2. The zero-order chi connectivity index (χ0) is 22.1. The Morgan fingerprint density at radius 2 is 2.03 bits per heavy atom. The summed E-state index contributed by atoms with van der Waals surface area (Å²) in [7, 11) is 0. The summed E-state index contributed by atoms with van der Waals surface area (Å²) in [6, 6.07) is 8.19. The Balaban J connectivity index is 1.55. The van der Waals surface area contributed by atoms with Crippen LogP contribution in [0.3, 0.4) is 0 Å². The molecule has 0 bridgehead atoms. The van der Waals surface area contributed by atoms with E-state index in [2.05, 4.69) is 34.8 Å². The van der Waals surface area contributed by atoms with Gasteiger partial charge in [-0.15, -0.1) is 4.79 Å². The predicted molar refractivity (Wildman–Crippen MR) is 114 cm³/mol. The molecule has 0 spiro atoms. The fourth-order valence-electron chi connectivity index (χ4n) is 4.42. The van der Waals surface area contributed by atoms with Crippen molar-refractivity contribution in [2.24, 2.45) is 5.73 Å². The quantitative estimate of drug-likeness (QED) is 0.401. The highest BCUT2D eigenvalue weighted by molar-refractivity contribution is 5.98. The van der Waals surface area contributed by atoms with E-state index in [0.29, 0.717) is 5.69 Å². The number of hydrogen-bond donors (Lipinski definition) is 4. The summed E-state index contributed by atoms with van der Waals surface area (Å²) in [5.74, 6) is -0.992. The molecule has 164 valence electrons. The zero-order valence-electron chi connectivity index (χ0n) is 17.1. The van der Waals surface area contributed by atoms with E-state index in [0.717, 1.165) is 25.3 Å². The fourth-order valence-corrected chi connectivity index (χ4v) is 4.42. The third kappa shape index (κ3) is 3.98. The van der Waals surface area contributed by atoms with Crippen molar-refractivity contribution in [2.45, 2.75) is 43.9 Å². The first kappa shape index (κ1) is 20.9. The van der Waals surface area contributed by atoms with Crippen LogP contribution in [0.4, 0.5) is 10.2 Å². The van der Waals surface area contributed by atoms with Crippen LogP contribution in [0.15, 0.2) is 36.9 Å². The number of hydrogen-bond acceptors (Lipinski definition) is 6. The first-order valence-electron chi connectivity index (χ1n) is 10.2. The Morgan fingerprint density at radius 1 is 1.29 bits per heavy atom. The van der Waals surface area contributed by atoms with E-state index >= 15 is 0 Å². The predicted octanol–water partition coefficient (Wildman–Crippen LogP) is 0.967. The van der Waals surface area contributed by atoms with Crippen LogP contribution in [0.2, 0.25) is 0 Å². The van der Waals surface area contributed by atoms with Crippen LogP contribution in [0.1, 0.15) is 45.9 Å². The lowest BCUT2D eigenvalue weighted by atomic mass is 9.81. The van der Waals surface area contributed by atoms with Gasteiger partial charge in [0.25, 0.3) is 5.91 Å². The van der Waals surface area contributed by atoms with Gasteiger partial charge in [-0.25, -0.2) is 9.93 Å². The van der Waals surface area contributed by atoms with Crippen LogP contribution >= 0.6 is 0 Å². The molecule has 9 nitrogen and oxygen atoms in total. The van der Waals surface area contributed by atoms with Crippen molar-refractivity contribution in [2.75, 3.05) is 17.8 Å². The topological polar surface area (TPSA) is 131 Å². The average Bonchev–Trinajstić information content (AvgIpc) is 3.30. The highest BCUT2D eigenvalue weighted by Crippen LogP contribution is 2.35. The van der Waals surface area contributed by atoms with Gasteiger partial charge < -0.3 is 16.4 Å². The number of anilines is 1. The van der Waals surface area contributed by atoms with Crippen LogP contribution in [0, 0.1) is 0 Å². The third-order valence-electron chi connectivity index (χ3n) is 5.97. The Labute approximate surface area is 179 Å². The van der Waals surface area contributed by atoms with E-state index in [1.807, 2.05) is 12.1 Å². The summed E-state index contributed by atoms with van der Waals surface area (Å²) in [6.45, 7) is 3.42. The number of rotatable bonds is 6. The highest BCUT2D eigenvalue weighted by Gasteiger charge is 2.35. The first-order valence-corrected chi connectivity index (χ1v) is 10.2. The molecule has 1 aromatic carbocycles. The maximum atomic E-state index is 13.9. The summed E-state index contributed by atoms with van der Waals surface area (Å²) in [5.41, 5.74) is 20.6. The first-order chi connectivity index (χ1) is 14.9. The van der Waals surface area contributed by atoms with Crippen molar-refractivity contribution in [3.63, 3.8) is 0 Å². The van der Waals surface area contributed by atoms with Crippen LogP contribution in [-0.4, -0.2) is 45.5 Å². The highest BCUT2D eigenvalue weighted by atomic mass is 19.1. The number of likely N-dealkylation sites (tertiary alicyclic amines) is 1. The smallest absolute Gasteiger partial charge is 0.254 e. The monoisotopic (exact) mass is 427 g/mol. The van der Waals surface area contributed by atoms with Crippen LogP contribution < -0.4 is 22.4 Å². The van der Waals surface area contributed by atoms with Gasteiger partial charge in [0, 0.05) is 12.3 Å². The lowest BCUT2D eigenvalue weighted by Gasteiger charge is -2.25. The molecule has 2 heterocycles. The number of aryl methyl sites for hydroxylation is 1. The van der Waals surface area contributed by atoms with Gasteiger partial charge in [-0.2, -0.15) is 10.5 Å². The van der Waals surface area contributed by atoms with E-state index in [9.17, 15) is 14.0 Å². The molecule has 1 saturated heterocycles. The van der Waals surface area contributed by atoms with Crippen molar-refractivity contribution in [3.05, 3.63) is 59.3 Å². The molecule has 1 aliphatic carbocycles. The lowest BCUT2D eigenvalue weighted by Crippen LogP contribution is -2.49. The third-order valence-corrected chi connectivity index (χ3v) is 5.97. The Bertz CT molecular complexity index is 1020. The molecule has 2 aromatic rings. The second-order valence-corrected chi connectivity index (χ2v) is 7.93. The van der Waals surface area contributed by atoms with E-state index in [1.165, 1.54) is 20.8 Å². The maximum absolute atomic E-state index is 13.9. The molecule has 1 fully saturated rings. The van der Waals surface area contributed by atoms with Gasteiger partial charge in [-0.3, -0.25) is 9.59 Å². The Hall–Kier alpha value is -3.40. The van der Waals surface area contributed by atoms with Crippen molar-refractivity contribution >= 4 is 17.6 Å². The van der Waals surface area contributed by atoms with E-state index in [1.54, 1.807) is 0 Å².